The molecule has 0 aromatic heterocycles. The molecule has 3 nitrogen and oxygen atoms in total. The van der Waals surface area contributed by atoms with Gasteiger partial charge in [-0.3, -0.25) is 10.9 Å². The molecule has 1 rings (SSSR count). The molecule has 0 saturated carbocycles. The topological polar surface area (TPSA) is 38.3 Å². The van der Waals surface area contributed by atoms with Crippen LogP contribution >= 0.6 is 18.6 Å². The monoisotopic (exact) mass is 328 g/mol. The Labute approximate surface area is 120 Å². The van der Waals surface area contributed by atoms with Gasteiger partial charge in [0.1, 0.15) is 14.8 Å². The third-order valence-corrected chi connectivity index (χ3v) is 4.69. The first kappa shape index (κ1) is 17.4. The molecule has 0 aliphatic heterocycles. The number of rotatable bonds is 4. The fourth-order valence-corrected chi connectivity index (χ4v) is 3.40. The van der Waals surface area contributed by atoms with Gasteiger partial charge in [-0.2, -0.15) is 6.08 Å². The van der Waals surface area contributed by atoms with Crippen molar-refractivity contribution in [1.82, 2.24) is 4.98 Å². The van der Waals surface area contributed by atoms with Gasteiger partial charge in [0.2, 0.25) is 5.91 Å². The molecule has 0 spiro atoms. The Morgan fingerprint density at radius 1 is 1.65 bits per heavy atom. The van der Waals surface area contributed by atoms with Crippen molar-refractivity contribution in [3.63, 3.8) is 0 Å². The fraction of sp³-hybridized carbons (Fsp3) is 0.500. The number of ether oxygens (including phenoxy) is 1. The summed E-state index contributed by atoms with van der Waals surface area (Å²) < 4.78 is 4.77. The fourth-order valence-electron chi connectivity index (χ4n) is 1.42. The molecular formula is C10H16Cl2NO2SiTi-. The summed E-state index contributed by atoms with van der Waals surface area (Å²) in [6.07, 6.45) is 8.24. The molecule has 7 heteroatoms. The molecule has 1 aliphatic rings. The SMILES string of the molecule is COCC(=O)N[Si](C)(C)C1=[C-]CC=C1.[Cl][Ti][Cl]. The van der Waals surface area contributed by atoms with Crippen molar-refractivity contribution in [2.45, 2.75) is 19.5 Å². The minimum atomic E-state index is -1.83. The van der Waals surface area contributed by atoms with Gasteiger partial charge in [-0.1, -0.05) is 0 Å². The first-order valence-corrected chi connectivity index (χ1v) is 12.3. The number of nitrogens with one attached hydrogen (secondary N) is 1. The molecule has 0 atom stereocenters. The Balaban J connectivity index is 0.000000770. The van der Waals surface area contributed by atoms with Crippen LogP contribution in [0.5, 0.6) is 0 Å². The minimum absolute atomic E-state index is 0.0428. The summed E-state index contributed by atoms with van der Waals surface area (Å²) >= 11 is -0.556. The molecule has 0 bridgehead atoms. The number of hydrogen-bond acceptors (Lipinski definition) is 2. The number of hydrogen-bond donors (Lipinski definition) is 1. The zero-order chi connectivity index (χ0) is 13.3. The van der Waals surface area contributed by atoms with E-state index in [9.17, 15) is 4.79 Å². The van der Waals surface area contributed by atoms with Crippen LogP contribution in [0.2, 0.25) is 13.1 Å². The van der Waals surface area contributed by atoms with Gasteiger partial charge in [0, 0.05) is 7.11 Å². The van der Waals surface area contributed by atoms with Crippen LogP contribution in [-0.2, 0) is 26.6 Å². The molecule has 0 fully saturated rings. The zero-order valence-corrected chi connectivity index (χ0v) is 14.2. The standard InChI is InChI=1S/C10H16NO2Si.2ClH.Ti/c1-13-8-10(12)11-14(2,3)9-6-4-5-7-9;;;/h4,6H,5,8H2,1-3H3,(H,11,12);2*1H;/q-1;;;+2/p-2. The van der Waals surface area contributed by atoms with Crippen molar-refractivity contribution in [2.75, 3.05) is 13.7 Å². The van der Waals surface area contributed by atoms with Gasteiger partial charge < -0.3 is 9.72 Å². The van der Waals surface area contributed by atoms with Gasteiger partial charge in [-0.15, -0.1) is 6.42 Å². The number of carbonyl (C=O) groups excluding carboxylic acids is 1. The van der Waals surface area contributed by atoms with E-state index in [0.717, 1.165) is 6.42 Å². The first-order valence-electron chi connectivity index (χ1n) is 5.02. The quantitative estimate of drug-likeness (QED) is 0.636. The molecule has 0 aromatic carbocycles. The normalized spacial score (nSPS) is 13.6. The second kappa shape index (κ2) is 9.36. The Bertz CT molecular complexity index is 309. The Kier molecular flexibility index (Phi) is 9.60. The van der Waals surface area contributed by atoms with Crippen molar-refractivity contribution in [1.29, 1.82) is 0 Å². The van der Waals surface area contributed by atoms with Crippen LogP contribution in [0.1, 0.15) is 6.42 Å². The summed E-state index contributed by atoms with van der Waals surface area (Å²) in [5.74, 6) is -0.0428. The summed E-state index contributed by atoms with van der Waals surface area (Å²) in [4.78, 5) is 14.4. The molecule has 0 heterocycles. The van der Waals surface area contributed by atoms with Crippen molar-refractivity contribution in [2.24, 2.45) is 0 Å². The average Bonchev–Trinajstić information content (AvgIpc) is 2.71. The van der Waals surface area contributed by atoms with E-state index in [1.165, 1.54) is 12.3 Å². The molecular weight excluding hydrogens is 313 g/mol. The van der Waals surface area contributed by atoms with Gasteiger partial charge in [0.25, 0.3) is 0 Å². The number of amides is 1. The summed E-state index contributed by atoms with van der Waals surface area (Å²) in [6, 6.07) is 0. The molecule has 17 heavy (non-hydrogen) atoms. The molecule has 0 aromatic rings. The van der Waals surface area contributed by atoms with E-state index < -0.39 is 25.3 Å². The van der Waals surface area contributed by atoms with Crippen LogP contribution in [0.25, 0.3) is 0 Å². The van der Waals surface area contributed by atoms with Crippen molar-refractivity contribution >= 4 is 32.8 Å². The molecule has 1 aliphatic carbocycles. The molecule has 0 saturated heterocycles. The van der Waals surface area contributed by atoms with Crippen molar-refractivity contribution in [3.8, 4) is 0 Å². The van der Waals surface area contributed by atoms with E-state index in [1.807, 2.05) is 0 Å². The van der Waals surface area contributed by atoms with E-state index in [-0.39, 0.29) is 12.5 Å². The van der Waals surface area contributed by atoms with Crippen LogP contribution in [0.4, 0.5) is 0 Å². The van der Waals surface area contributed by atoms with Crippen molar-refractivity contribution < 1.29 is 26.6 Å². The maximum absolute atomic E-state index is 11.3. The van der Waals surface area contributed by atoms with E-state index in [0.29, 0.717) is 0 Å². The van der Waals surface area contributed by atoms with E-state index in [1.54, 1.807) is 0 Å². The van der Waals surface area contributed by atoms with E-state index in [4.69, 9.17) is 23.3 Å². The molecule has 0 unspecified atom stereocenters. The Morgan fingerprint density at radius 3 is 2.65 bits per heavy atom. The van der Waals surface area contributed by atoms with Crippen molar-refractivity contribution in [3.05, 3.63) is 23.4 Å². The number of halogens is 2. The molecule has 0 radical (unpaired) electrons. The molecule has 96 valence electrons. The molecule has 1 amide bonds. The second-order valence-electron chi connectivity index (χ2n) is 3.87. The second-order valence-corrected chi connectivity index (χ2v) is 10.5. The summed E-state index contributed by atoms with van der Waals surface area (Å²) in [5.41, 5.74) is 0. The maximum atomic E-state index is 11.3. The third kappa shape index (κ3) is 7.44. The summed E-state index contributed by atoms with van der Waals surface area (Å²) in [7, 11) is 9.47. The van der Waals surface area contributed by atoms with E-state index >= 15 is 0 Å². The van der Waals surface area contributed by atoms with Crippen LogP contribution in [0.15, 0.2) is 17.3 Å². The van der Waals surface area contributed by atoms with Gasteiger partial charge in [0.05, 0.1) is 0 Å². The van der Waals surface area contributed by atoms with Gasteiger partial charge in [0.15, 0.2) is 0 Å². The number of carbonyl (C=O) groups is 1. The summed E-state index contributed by atoms with van der Waals surface area (Å²) in [6.45, 7) is 4.32. The zero-order valence-electron chi connectivity index (χ0n) is 10.1. The molecule has 1 N–H and O–H groups in total. The number of methoxy groups -OCH3 is 1. The average molecular weight is 329 g/mol. The predicted octanol–water partition coefficient (Wildman–Crippen LogP) is 2.56. The van der Waals surface area contributed by atoms with Gasteiger partial charge >= 0.3 is 35.6 Å². The van der Waals surface area contributed by atoms with Gasteiger partial charge in [-0.25, -0.2) is 11.3 Å². The third-order valence-electron chi connectivity index (χ3n) is 2.10. The Morgan fingerprint density at radius 2 is 2.24 bits per heavy atom. The van der Waals surface area contributed by atoms with E-state index in [2.05, 4.69) is 36.3 Å². The van der Waals surface area contributed by atoms with Crippen LogP contribution in [-0.4, -0.2) is 27.9 Å². The first-order chi connectivity index (χ1) is 7.97. The summed E-state index contributed by atoms with van der Waals surface area (Å²) in [5, 5.41) is 1.17. The van der Waals surface area contributed by atoms with Crippen LogP contribution < -0.4 is 4.98 Å². The van der Waals surface area contributed by atoms with Gasteiger partial charge in [-0.05, 0) is 13.1 Å². The Hall–Kier alpha value is 0.421. The van der Waals surface area contributed by atoms with Crippen LogP contribution in [0.3, 0.4) is 0 Å². The number of allylic oxidation sites excluding steroid dienone is 4. The van der Waals surface area contributed by atoms with Crippen LogP contribution in [0, 0.1) is 6.08 Å². The predicted molar refractivity (Wildman–Crippen MR) is 69.7 cm³/mol.